The Labute approximate surface area is 215 Å². The third-order valence-electron chi connectivity index (χ3n) is 5.44. The molecule has 178 valence electrons. The Morgan fingerprint density at radius 3 is 2.21 bits per heavy atom. The van der Waals surface area contributed by atoms with Crippen molar-refractivity contribution in [2.24, 2.45) is 0 Å². The molecule has 3 aromatic rings. The standard InChI is InChI=1S/C28H31BrN2O2S/c1-2-30-28(33)26(19-22-10-5-3-6-11-22)31(20-24-14-9-15-25(29)18-24)27(32)16-17-34-21-23-12-7-4-8-13-23/h3-15,18,26H,2,16-17,19-21H2,1H3,(H,30,33). The van der Waals surface area contributed by atoms with Gasteiger partial charge in [-0.05, 0) is 35.7 Å². The summed E-state index contributed by atoms with van der Waals surface area (Å²) >= 11 is 5.26. The van der Waals surface area contributed by atoms with E-state index in [0.717, 1.165) is 21.4 Å². The predicted octanol–water partition coefficient (Wildman–Crippen LogP) is 5.85. The molecule has 6 heteroatoms. The Morgan fingerprint density at radius 1 is 0.912 bits per heavy atom. The van der Waals surface area contributed by atoms with Gasteiger partial charge in [0.2, 0.25) is 11.8 Å². The summed E-state index contributed by atoms with van der Waals surface area (Å²) in [5.74, 6) is 1.44. The van der Waals surface area contributed by atoms with Crippen molar-refractivity contribution in [1.29, 1.82) is 0 Å². The molecule has 2 amide bonds. The van der Waals surface area contributed by atoms with E-state index in [9.17, 15) is 9.59 Å². The number of benzene rings is 3. The van der Waals surface area contributed by atoms with Gasteiger partial charge in [-0.3, -0.25) is 9.59 Å². The van der Waals surface area contributed by atoms with Crippen LogP contribution in [0.25, 0.3) is 0 Å². The van der Waals surface area contributed by atoms with Crippen LogP contribution < -0.4 is 5.32 Å². The Kier molecular flexibility index (Phi) is 10.7. The lowest BCUT2D eigenvalue weighted by molar-refractivity contribution is -0.140. The smallest absolute Gasteiger partial charge is 0.243 e. The highest BCUT2D eigenvalue weighted by Crippen LogP contribution is 2.20. The lowest BCUT2D eigenvalue weighted by atomic mass is 10.0. The Bertz CT molecular complexity index is 1050. The average Bonchev–Trinajstić information content (AvgIpc) is 2.85. The van der Waals surface area contributed by atoms with Crippen molar-refractivity contribution in [1.82, 2.24) is 10.2 Å². The van der Waals surface area contributed by atoms with Crippen LogP contribution in [0.5, 0.6) is 0 Å². The van der Waals surface area contributed by atoms with E-state index in [-0.39, 0.29) is 11.8 Å². The van der Waals surface area contributed by atoms with E-state index in [4.69, 9.17) is 0 Å². The summed E-state index contributed by atoms with van der Waals surface area (Å²) in [7, 11) is 0. The highest BCUT2D eigenvalue weighted by molar-refractivity contribution is 9.10. The lowest BCUT2D eigenvalue weighted by Crippen LogP contribution is -2.50. The van der Waals surface area contributed by atoms with Crippen molar-refractivity contribution in [3.05, 3.63) is 106 Å². The molecule has 0 bridgehead atoms. The van der Waals surface area contributed by atoms with Crippen molar-refractivity contribution >= 4 is 39.5 Å². The zero-order valence-electron chi connectivity index (χ0n) is 19.5. The molecule has 0 aliphatic carbocycles. The number of nitrogens with zero attached hydrogens (tertiary/aromatic N) is 1. The fourth-order valence-corrected chi connectivity index (χ4v) is 5.08. The monoisotopic (exact) mass is 538 g/mol. The number of nitrogens with one attached hydrogen (secondary N) is 1. The van der Waals surface area contributed by atoms with E-state index in [1.165, 1.54) is 5.56 Å². The number of halogens is 1. The van der Waals surface area contributed by atoms with Crippen molar-refractivity contribution in [3.63, 3.8) is 0 Å². The number of rotatable bonds is 12. The van der Waals surface area contributed by atoms with Crippen LogP contribution in [0.1, 0.15) is 30.0 Å². The summed E-state index contributed by atoms with van der Waals surface area (Å²) in [5.41, 5.74) is 3.27. The van der Waals surface area contributed by atoms with Gasteiger partial charge in [-0.1, -0.05) is 88.7 Å². The quantitative estimate of drug-likeness (QED) is 0.294. The van der Waals surface area contributed by atoms with Gasteiger partial charge in [-0.25, -0.2) is 0 Å². The Balaban J connectivity index is 1.77. The molecule has 1 atom stereocenters. The van der Waals surface area contributed by atoms with Gasteiger partial charge in [0.15, 0.2) is 0 Å². The molecule has 3 aromatic carbocycles. The lowest BCUT2D eigenvalue weighted by Gasteiger charge is -2.31. The first-order valence-electron chi connectivity index (χ1n) is 11.5. The first kappa shape index (κ1) is 26.0. The van der Waals surface area contributed by atoms with E-state index in [0.29, 0.717) is 31.7 Å². The molecule has 0 saturated carbocycles. The van der Waals surface area contributed by atoms with Crippen LogP contribution in [0.3, 0.4) is 0 Å². The van der Waals surface area contributed by atoms with E-state index in [2.05, 4.69) is 33.4 Å². The molecule has 1 unspecified atom stereocenters. The topological polar surface area (TPSA) is 49.4 Å². The van der Waals surface area contributed by atoms with E-state index < -0.39 is 6.04 Å². The minimum atomic E-state index is -0.576. The van der Waals surface area contributed by atoms with Crippen LogP contribution in [0, 0.1) is 0 Å². The first-order chi connectivity index (χ1) is 16.6. The summed E-state index contributed by atoms with van der Waals surface area (Å²) in [6.07, 6.45) is 0.861. The summed E-state index contributed by atoms with van der Waals surface area (Å²) in [6.45, 7) is 2.81. The molecule has 0 radical (unpaired) electrons. The third-order valence-corrected chi connectivity index (χ3v) is 6.96. The predicted molar refractivity (Wildman–Crippen MR) is 145 cm³/mol. The van der Waals surface area contributed by atoms with Crippen LogP contribution in [0.4, 0.5) is 0 Å². The van der Waals surface area contributed by atoms with Crippen molar-refractivity contribution < 1.29 is 9.59 Å². The minimum absolute atomic E-state index is 0.00674. The van der Waals surface area contributed by atoms with Gasteiger partial charge < -0.3 is 10.2 Å². The van der Waals surface area contributed by atoms with Crippen LogP contribution in [-0.4, -0.2) is 35.1 Å². The van der Waals surface area contributed by atoms with E-state index in [1.807, 2.05) is 79.7 Å². The van der Waals surface area contributed by atoms with Crippen LogP contribution >= 0.6 is 27.7 Å². The largest absolute Gasteiger partial charge is 0.355 e. The van der Waals surface area contributed by atoms with Gasteiger partial charge in [-0.2, -0.15) is 11.8 Å². The molecule has 0 aliphatic heterocycles. The average molecular weight is 540 g/mol. The van der Waals surface area contributed by atoms with E-state index >= 15 is 0 Å². The third kappa shape index (κ3) is 8.33. The van der Waals surface area contributed by atoms with Crippen molar-refractivity contribution in [3.8, 4) is 0 Å². The maximum Gasteiger partial charge on any atom is 0.243 e. The Morgan fingerprint density at radius 2 is 1.56 bits per heavy atom. The fourth-order valence-electron chi connectivity index (χ4n) is 3.75. The number of hydrogen-bond acceptors (Lipinski definition) is 3. The molecule has 0 heterocycles. The minimum Gasteiger partial charge on any atom is -0.355 e. The number of amides is 2. The van der Waals surface area contributed by atoms with Crippen molar-refractivity contribution in [2.75, 3.05) is 12.3 Å². The van der Waals surface area contributed by atoms with Gasteiger partial charge in [-0.15, -0.1) is 0 Å². The van der Waals surface area contributed by atoms with Crippen LogP contribution in [0.15, 0.2) is 89.4 Å². The molecule has 1 N–H and O–H groups in total. The van der Waals surface area contributed by atoms with Gasteiger partial charge in [0.05, 0.1) is 0 Å². The normalized spacial score (nSPS) is 11.6. The van der Waals surface area contributed by atoms with Gasteiger partial charge >= 0.3 is 0 Å². The highest BCUT2D eigenvalue weighted by atomic mass is 79.9. The number of carbonyl (C=O) groups excluding carboxylic acids is 2. The maximum atomic E-state index is 13.5. The number of thioether (sulfide) groups is 1. The number of carbonyl (C=O) groups is 2. The molecule has 3 rings (SSSR count). The van der Waals surface area contributed by atoms with Crippen molar-refractivity contribution in [2.45, 2.75) is 38.1 Å². The van der Waals surface area contributed by atoms with Gasteiger partial charge in [0.25, 0.3) is 0 Å². The fraction of sp³-hybridized carbons (Fsp3) is 0.286. The molecule has 0 saturated heterocycles. The molecular formula is C28H31BrN2O2S. The summed E-state index contributed by atoms with van der Waals surface area (Å²) in [6, 6.07) is 27.5. The van der Waals surface area contributed by atoms with E-state index in [1.54, 1.807) is 16.7 Å². The highest BCUT2D eigenvalue weighted by Gasteiger charge is 2.29. The zero-order chi connectivity index (χ0) is 24.2. The second-order valence-electron chi connectivity index (χ2n) is 8.04. The molecule has 0 aromatic heterocycles. The number of likely N-dealkylation sites (N-methyl/N-ethyl adjacent to an activating group) is 1. The van der Waals surface area contributed by atoms with Crippen LogP contribution in [0.2, 0.25) is 0 Å². The summed E-state index contributed by atoms with van der Waals surface area (Å²) in [4.78, 5) is 28.4. The second-order valence-corrected chi connectivity index (χ2v) is 10.1. The van der Waals surface area contributed by atoms with Gasteiger partial charge in [0, 0.05) is 41.9 Å². The SMILES string of the molecule is CCNC(=O)C(Cc1ccccc1)N(Cc1cccc(Br)c1)C(=O)CCSCc1ccccc1. The maximum absolute atomic E-state index is 13.5. The second kappa shape index (κ2) is 14.0. The first-order valence-corrected chi connectivity index (χ1v) is 13.5. The van der Waals surface area contributed by atoms with Crippen LogP contribution in [-0.2, 0) is 28.3 Å². The molecule has 0 spiro atoms. The number of hydrogen-bond donors (Lipinski definition) is 1. The molecular weight excluding hydrogens is 508 g/mol. The molecule has 0 fully saturated rings. The summed E-state index contributed by atoms with van der Waals surface area (Å²) < 4.78 is 0.952. The molecule has 4 nitrogen and oxygen atoms in total. The molecule has 34 heavy (non-hydrogen) atoms. The summed E-state index contributed by atoms with van der Waals surface area (Å²) in [5, 5.41) is 2.94. The molecule has 0 aliphatic rings. The van der Waals surface area contributed by atoms with Gasteiger partial charge in [0.1, 0.15) is 6.04 Å². The zero-order valence-corrected chi connectivity index (χ0v) is 21.9. The Hall–Kier alpha value is -2.57.